The Kier molecular flexibility index (Phi) is 3.52. The Balaban J connectivity index is 1.45. The number of anilines is 1. The second-order valence-electron chi connectivity index (χ2n) is 7.52. The second-order valence-corrected chi connectivity index (χ2v) is 7.52. The largest absolute Gasteiger partial charge is 0.361 e. The smallest absolute Gasteiger partial charge is 0.332 e. The fourth-order valence-corrected chi connectivity index (χ4v) is 4.54. The topological polar surface area (TPSA) is 124 Å². The van der Waals surface area contributed by atoms with Gasteiger partial charge < -0.3 is 14.3 Å². The molecule has 0 radical (unpaired) electrons. The number of imide groups is 1. The van der Waals surface area contributed by atoms with Crippen LogP contribution in [0.25, 0.3) is 0 Å². The van der Waals surface area contributed by atoms with Crippen molar-refractivity contribution in [1.29, 1.82) is 5.26 Å². The van der Waals surface area contributed by atoms with E-state index < -0.39 is 18.1 Å². The molecule has 29 heavy (non-hydrogen) atoms. The van der Waals surface area contributed by atoms with Crippen molar-refractivity contribution in [2.24, 2.45) is 0 Å². The Labute approximate surface area is 165 Å². The van der Waals surface area contributed by atoms with Gasteiger partial charge >= 0.3 is 6.03 Å². The number of likely N-dealkylation sites (tertiary alicyclic amines) is 1. The maximum Gasteiger partial charge on any atom is 0.332 e. The number of rotatable bonds is 2. The molecule has 3 atom stereocenters. The number of fused-ring (bicyclic) bond motifs is 5. The summed E-state index contributed by atoms with van der Waals surface area (Å²) in [7, 11) is 0. The summed E-state index contributed by atoms with van der Waals surface area (Å²) < 4.78 is 4.99. The third-order valence-electron chi connectivity index (χ3n) is 5.80. The number of hydrogen-bond acceptors (Lipinski definition) is 7. The zero-order chi connectivity index (χ0) is 20.4. The Morgan fingerprint density at radius 3 is 2.76 bits per heavy atom. The van der Waals surface area contributed by atoms with E-state index in [2.05, 4.69) is 10.1 Å². The van der Waals surface area contributed by atoms with Gasteiger partial charge in [-0.2, -0.15) is 5.26 Å². The van der Waals surface area contributed by atoms with Crippen LogP contribution in [0.2, 0.25) is 0 Å². The van der Waals surface area contributed by atoms with Gasteiger partial charge in [0.05, 0.1) is 24.0 Å². The van der Waals surface area contributed by atoms with E-state index in [9.17, 15) is 14.4 Å². The van der Waals surface area contributed by atoms with Gasteiger partial charge in [-0.1, -0.05) is 5.16 Å². The van der Waals surface area contributed by atoms with Gasteiger partial charge in [0.1, 0.15) is 23.6 Å². The number of piperazine rings is 1. The SMILES string of the molecule is Cc1cc(C(=O)N2C[C@@H]3C[C@H]2[C@H]2C(=O)N(c4cnc(C#N)c(C)c4)C(=O)N32)no1. The summed E-state index contributed by atoms with van der Waals surface area (Å²) in [6.07, 6.45) is 1.91. The molecule has 2 aromatic rings. The molecule has 2 aromatic heterocycles. The van der Waals surface area contributed by atoms with E-state index in [0.29, 0.717) is 30.0 Å². The van der Waals surface area contributed by atoms with Crippen molar-refractivity contribution in [3.8, 4) is 6.07 Å². The van der Waals surface area contributed by atoms with E-state index in [1.54, 1.807) is 35.8 Å². The van der Waals surface area contributed by atoms with Gasteiger partial charge in [0.2, 0.25) is 0 Å². The average Bonchev–Trinajstić information content (AvgIpc) is 3.45. The highest BCUT2D eigenvalue weighted by Gasteiger charge is 2.63. The molecule has 5 rings (SSSR count). The highest BCUT2D eigenvalue weighted by atomic mass is 16.5. The summed E-state index contributed by atoms with van der Waals surface area (Å²) in [6.45, 7) is 3.75. The first-order valence-electron chi connectivity index (χ1n) is 9.18. The minimum absolute atomic E-state index is 0.196. The fraction of sp³-hybridized carbons (Fsp3) is 0.368. The van der Waals surface area contributed by atoms with Gasteiger partial charge in [0.25, 0.3) is 11.8 Å². The first-order valence-corrected chi connectivity index (χ1v) is 9.18. The van der Waals surface area contributed by atoms with Crippen LogP contribution in [0.4, 0.5) is 10.5 Å². The summed E-state index contributed by atoms with van der Waals surface area (Å²) in [5, 5.41) is 12.8. The van der Waals surface area contributed by atoms with Crippen molar-refractivity contribution in [3.63, 3.8) is 0 Å². The molecule has 146 valence electrons. The highest BCUT2D eigenvalue weighted by Crippen LogP contribution is 2.42. The number of hydrogen-bond donors (Lipinski definition) is 0. The number of nitrogens with zero attached hydrogens (tertiary/aromatic N) is 6. The summed E-state index contributed by atoms with van der Waals surface area (Å²) in [4.78, 5) is 47.3. The molecule has 4 amide bonds. The van der Waals surface area contributed by atoms with Crippen LogP contribution >= 0.6 is 0 Å². The molecule has 0 unspecified atom stereocenters. The third-order valence-corrected chi connectivity index (χ3v) is 5.80. The third kappa shape index (κ3) is 2.30. The molecule has 0 aliphatic carbocycles. The Morgan fingerprint density at radius 2 is 2.10 bits per heavy atom. The lowest BCUT2D eigenvalue weighted by Gasteiger charge is -2.34. The van der Waals surface area contributed by atoms with Gasteiger partial charge in [-0.25, -0.2) is 14.7 Å². The molecule has 2 bridgehead atoms. The monoisotopic (exact) mass is 392 g/mol. The number of carbonyl (C=O) groups excluding carboxylic acids is 3. The molecular weight excluding hydrogens is 376 g/mol. The van der Waals surface area contributed by atoms with Crippen LogP contribution < -0.4 is 4.90 Å². The van der Waals surface area contributed by atoms with E-state index >= 15 is 0 Å². The van der Waals surface area contributed by atoms with E-state index in [1.807, 2.05) is 6.07 Å². The molecule has 10 nitrogen and oxygen atoms in total. The van der Waals surface area contributed by atoms with E-state index in [-0.39, 0.29) is 29.2 Å². The Bertz CT molecular complexity index is 1120. The molecule has 0 spiro atoms. The number of pyridine rings is 1. The number of amides is 4. The van der Waals surface area contributed by atoms with E-state index in [1.165, 1.54) is 6.20 Å². The molecule has 3 aliphatic rings. The zero-order valence-electron chi connectivity index (χ0n) is 15.7. The summed E-state index contributed by atoms with van der Waals surface area (Å²) >= 11 is 0. The number of aromatic nitrogens is 2. The van der Waals surface area contributed by atoms with Crippen LogP contribution in [0.3, 0.4) is 0 Å². The van der Waals surface area contributed by atoms with Gasteiger partial charge in [-0.05, 0) is 31.9 Å². The molecule has 3 fully saturated rings. The van der Waals surface area contributed by atoms with E-state index in [0.717, 1.165) is 4.90 Å². The van der Waals surface area contributed by atoms with Crippen LogP contribution in [0.1, 0.15) is 33.9 Å². The second kappa shape index (κ2) is 5.88. The summed E-state index contributed by atoms with van der Waals surface area (Å²) in [5.41, 5.74) is 1.35. The van der Waals surface area contributed by atoms with Crippen LogP contribution in [-0.2, 0) is 4.79 Å². The van der Waals surface area contributed by atoms with E-state index in [4.69, 9.17) is 9.78 Å². The Morgan fingerprint density at radius 1 is 1.31 bits per heavy atom. The number of aryl methyl sites for hydroxylation is 2. The zero-order valence-corrected chi connectivity index (χ0v) is 15.7. The molecule has 3 saturated heterocycles. The maximum atomic E-state index is 13.2. The van der Waals surface area contributed by atoms with Crippen molar-refractivity contribution in [2.75, 3.05) is 11.4 Å². The standard InChI is InChI=1S/C19H16N6O4/c1-9-3-11(7-21-14(9)6-20)25-18(27)16-15-5-12(24(16)19(25)28)8-23(15)17(26)13-4-10(2)29-22-13/h3-4,7,12,15-16H,5,8H2,1-2H3/t12-,15-,16-/m0/s1. The first kappa shape index (κ1) is 17.4. The lowest BCUT2D eigenvalue weighted by Crippen LogP contribution is -2.54. The van der Waals surface area contributed by atoms with Crippen molar-refractivity contribution in [3.05, 3.63) is 41.0 Å². The molecule has 5 heterocycles. The molecule has 0 saturated carbocycles. The molecular formula is C19H16N6O4. The minimum atomic E-state index is -0.728. The predicted octanol–water partition coefficient (Wildman–Crippen LogP) is 0.992. The number of nitriles is 1. The molecule has 3 aliphatic heterocycles. The molecule has 10 heteroatoms. The van der Waals surface area contributed by atoms with Crippen molar-refractivity contribution in [1.82, 2.24) is 19.9 Å². The van der Waals surface area contributed by atoms with Crippen LogP contribution in [0.15, 0.2) is 22.9 Å². The predicted molar refractivity (Wildman–Crippen MR) is 96.7 cm³/mol. The number of urea groups is 1. The first-order chi connectivity index (χ1) is 13.9. The summed E-state index contributed by atoms with van der Waals surface area (Å²) in [5.74, 6) is -0.160. The summed E-state index contributed by atoms with van der Waals surface area (Å²) in [6, 6.07) is 3.36. The van der Waals surface area contributed by atoms with Gasteiger partial charge in [0, 0.05) is 12.6 Å². The van der Waals surface area contributed by atoms with Crippen LogP contribution in [0, 0.1) is 25.2 Å². The van der Waals surface area contributed by atoms with Crippen molar-refractivity contribution < 1.29 is 18.9 Å². The normalized spacial score (nSPS) is 25.0. The van der Waals surface area contributed by atoms with Gasteiger partial charge in [0.15, 0.2) is 5.69 Å². The molecule has 0 N–H and O–H groups in total. The van der Waals surface area contributed by atoms with Crippen LogP contribution in [-0.4, -0.2) is 62.5 Å². The lowest BCUT2D eigenvalue weighted by molar-refractivity contribution is -0.121. The minimum Gasteiger partial charge on any atom is -0.361 e. The Hall–Kier alpha value is -3.74. The maximum absolute atomic E-state index is 13.2. The average molecular weight is 392 g/mol. The fourth-order valence-electron chi connectivity index (χ4n) is 4.54. The van der Waals surface area contributed by atoms with Crippen LogP contribution in [0.5, 0.6) is 0 Å². The molecule has 0 aromatic carbocycles. The van der Waals surface area contributed by atoms with Gasteiger partial charge in [-0.3, -0.25) is 9.59 Å². The lowest BCUT2D eigenvalue weighted by atomic mass is 10.1. The van der Waals surface area contributed by atoms with Gasteiger partial charge in [-0.15, -0.1) is 0 Å². The van der Waals surface area contributed by atoms with Crippen molar-refractivity contribution in [2.45, 2.75) is 38.4 Å². The number of carbonyl (C=O) groups is 3. The quantitative estimate of drug-likeness (QED) is 0.698. The van der Waals surface area contributed by atoms with Crippen molar-refractivity contribution >= 4 is 23.5 Å². The highest BCUT2D eigenvalue weighted by molar-refractivity contribution is 6.22.